The number of benzene rings is 1. The molecule has 1 aliphatic heterocycles. The second kappa shape index (κ2) is 5.01. The molecular formula is C12H10BrFN2O3S. The molecule has 1 aromatic carbocycles. The lowest BCUT2D eigenvalue weighted by Crippen LogP contribution is -2.16. The van der Waals surface area contributed by atoms with Crippen LogP contribution in [0.25, 0.3) is 10.9 Å². The molecule has 0 bridgehead atoms. The zero-order valence-corrected chi connectivity index (χ0v) is 12.9. The molecule has 1 aliphatic rings. The first-order valence-corrected chi connectivity index (χ1v) is 8.04. The minimum atomic E-state index is -1.45. The summed E-state index contributed by atoms with van der Waals surface area (Å²) in [7, 11) is -1.45. The van der Waals surface area contributed by atoms with Gasteiger partial charge >= 0.3 is 0 Å². The lowest BCUT2D eigenvalue weighted by Gasteiger charge is -2.08. The van der Waals surface area contributed by atoms with Gasteiger partial charge in [0.15, 0.2) is 11.0 Å². The number of fused-ring (bicyclic) bond motifs is 3. The summed E-state index contributed by atoms with van der Waals surface area (Å²) in [6.07, 6.45) is 0. The molecule has 1 aromatic heterocycles. The van der Waals surface area contributed by atoms with Crippen LogP contribution in [0.3, 0.4) is 0 Å². The number of ether oxygens (including phenoxy) is 1. The van der Waals surface area contributed by atoms with Crippen molar-refractivity contribution in [3.05, 3.63) is 31.8 Å². The molecule has 0 aliphatic carbocycles. The highest BCUT2D eigenvalue weighted by Crippen LogP contribution is 2.35. The summed E-state index contributed by atoms with van der Waals surface area (Å²) in [6.45, 7) is 2.19. The molecule has 0 spiro atoms. The van der Waals surface area contributed by atoms with E-state index in [-0.39, 0.29) is 33.7 Å². The van der Waals surface area contributed by atoms with Crippen LogP contribution in [-0.4, -0.2) is 19.9 Å². The molecule has 20 heavy (non-hydrogen) atoms. The normalized spacial score (nSPS) is 15.6. The quantitative estimate of drug-likeness (QED) is 0.831. The Bertz CT molecular complexity index is 806. The Hall–Kier alpha value is -1.12. The van der Waals surface area contributed by atoms with Gasteiger partial charge in [-0.2, -0.15) is 0 Å². The average molecular weight is 361 g/mol. The van der Waals surface area contributed by atoms with E-state index in [1.54, 1.807) is 6.92 Å². The van der Waals surface area contributed by atoms with E-state index in [2.05, 4.69) is 25.9 Å². The first-order valence-electron chi connectivity index (χ1n) is 5.93. The van der Waals surface area contributed by atoms with Gasteiger partial charge in [0.25, 0.3) is 5.56 Å². The van der Waals surface area contributed by atoms with Crippen molar-refractivity contribution in [3.8, 4) is 0 Å². The van der Waals surface area contributed by atoms with E-state index < -0.39 is 22.2 Å². The first kappa shape index (κ1) is 13.8. The maximum absolute atomic E-state index is 14.4. The predicted molar refractivity (Wildman–Crippen MR) is 75.5 cm³/mol. The summed E-state index contributed by atoms with van der Waals surface area (Å²) < 4.78 is 31.7. The Labute approximate surface area is 124 Å². The number of hydrogen-bond acceptors (Lipinski definition) is 4. The van der Waals surface area contributed by atoms with Crippen molar-refractivity contribution in [2.24, 2.45) is 0 Å². The molecule has 106 valence electrons. The van der Waals surface area contributed by atoms with Crippen molar-refractivity contribution in [3.63, 3.8) is 0 Å². The number of hydrogen-bond donors (Lipinski definition) is 1. The van der Waals surface area contributed by atoms with Gasteiger partial charge in [-0.3, -0.25) is 14.0 Å². The van der Waals surface area contributed by atoms with Gasteiger partial charge in [-0.1, -0.05) is 6.92 Å². The van der Waals surface area contributed by atoms with E-state index in [0.717, 1.165) is 0 Å². The lowest BCUT2D eigenvalue weighted by atomic mass is 10.0. The maximum atomic E-state index is 14.4. The SMILES string of the molecule is CCS(=O)c1nc2c(F)c(Br)c3c(c2c(=O)[nH]1)COC3. The predicted octanol–water partition coefficient (Wildman–Crippen LogP) is 1.98. The highest BCUT2D eigenvalue weighted by Gasteiger charge is 2.26. The van der Waals surface area contributed by atoms with Crippen molar-refractivity contribution in [1.82, 2.24) is 9.97 Å². The molecule has 0 fully saturated rings. The highest BCUT2D eigenvalue weighted by molar-refractivity contribution is 9.10. The van der Waals surface area contributed by atoms with E-state index in [1.165, 1.54) is 0 Å². The van der Waals surface area contributed by atoms with E-state index in [4.69, 9.17) is 4.74 Å². The van der Waals surface area contributed by atoms with Gasteiger partial charge in [0, 0.05) is 11.3 Å². The first-order chi connectivity index (χ1) is 9.54. The Morgan fingerprint density at radius 3 is 2.85 bits per heavy atom. The largest absolute Gasteiger partial charge is 0.372 e. The average Bonchev–Trinajstić information content (AvgIpc) is 2.92. The number of H-pyrrole nitrogens is 1. The van der Waals surface area contributed by atoms with Crippen LogP contribution in [0, 0.1) is 5.82 Å². The number of nitrogens with zero attached hydrogens (tertiary/aromatic N) is 1. The molecule has 1 N–H and O–H groups in total. The topological polar surface area (TPSA) is 72.0 Å². The molecule has 0 radical (unpaired) electrons. The zero-order chi connectivity index (χ0) is 14.4. The maximum Gasteiger partial charge on any atom is 0.259 e. The van der Waals surface area contributed by atoms with Crippen molar-refractivity contribution < 1.29 is 13.3 Å². The Morgan fingerprint density at radius 2 is 2.15 bits per heavy atom. The third kappa shape index (κ3) is 1.94. The van der Waals surface area contributed by atoms with E-state index in [0.29, 0.717) is 16.9 Å². The van der Waals surface area contributed by atoms with E-state index in [1.807, 2.05) is 0 Å². The molecule has 0 saturated heterocycles. The third-order valence-electron chi connectivity index (χ3n) is 3.20. The zero-order valence-electron chi connectivity index (χ0n) is 10.5. The van der Waals surface area contributed by atoms with Gasteiger partial charge in [-0.15, -0.1) is 0 Å². The highest BCUT2D eigenvalue weighted by atomic mass is 79.9. The van der Waals surface area contributed by atoms with Gasteiger partial charge in [-0.25, -0.2) is 9.37 Å². The summed E-state index contributed by atoms with van der Waals surface area (Å²) in [4.78, 5) is 18.7. The monoisotopic (exact) mass is 360 g/mol. The molecule has 8 heteroatoms. The van der Waals surface area contributed by atoms with Crippen LogP contribution in [-0.2, 0) is 28.8 Å². The van der Waals surface area contributed by atoms with Gasteiger partial charge in [0.2, 0.25) is 0 Å². The van der Waals surface area contributed by atoms with Crippen LogP contribution in [0.4, 0.5) is 4.39 Å². The van der Waals surface area contributed by atoms with Gasteiger partial charge in [0.05, 0.1) is 33.9 Å². The summed E-state index contributed by atoms with van der Waals surface area (Å²) in [5, 5.41) is 0.171. The Balaban J connectivity index is 2.44. The van der Waals surface area contributed by atoms with Crippen LogP contribution in [0.2, 0.25) is 0 Å². The summed E-state index contributed by atoms with van der Waals surface area (Å²) in [5.74, 6) is -0.324. The van der Waals surface area contributed by atoms with Crippen LogP contribution in [0.1, 0.15) is 18.1 Å². The van der Waals surface area contributed by atoms with Gasteiger partial charge in [0.1, 0.15) is 5.52 Å². The smallest absolute Gasteiger partial charge is 0.259 e. The second-order valence-electron chi connectivity index (χ2n) is 4.31. The van der Waals surface area contributed by atoms with Crippen LogP contribution in [0.5, 0.6) is 0 Å². The molecule has 5 nitrogen and oxygen atoms in total. The number of aromatic nitrogens is 2. The summed E-state index contributed by atoms with van der Waals surface area (Å²) >= 11 is 3.17. The van der Waals surface area contributed by atoms with Gasteiger partial charge in [-0.05, 0) is 21.5 Å². The van der Waals surface area contributed by atoms with Crippen LogP contribution in [0.15, 0.2) is 14.4 Å². The minimum absolute atomic E-state index is 0.00494. The summed E-state index contributed by atoms with van der Waals surface area (Å²) in [6, 6.07) is 0. The summed E-state index contributed by atoms with van der Waals surface area (Å²) in [5.41, 5.74) is 0.712. The Morgan fingerprint density at radius 1 is 1.45 bits per heavy atom. The van der Waals surface area contributed by atoms with E-state index >= 15 is 0 Å². The molecule has 2 aromatic rings. The molecule has 2 heterocycles. The van der Waals surface area contributed by atoms with E-state index in [9.17, 15) is 13.4 Å². The fraction of sp³-hybridized carbons (Fsp3) is 0.333. The number of nitrogens with one attached hydrogen (secondary N) is 1. The molecular weight excluding hydrogens is 351 g/mol. The molecule has 3 rings (SSSR count). The van der Waals surface area contributed by atoms with Gasteiger partial charge < -0.3 is 4.74 Å². The fourth-order valence-corrected chi connectivity index (χ4v) is 3.44. The fourth-order valence-electron chi connectivity index (χ4n) is 2.22. The molecule has 0 saturated carbocycles. The third-order valence-corrected chi connectivity index (χ3v) is 5.18. The van der Waals surface area contributed by atoms with Crippen LogP contribution >= 0.6 is 15.9 Å². The molecule has 1 unspecified atom stereocenters. The van der Waals surface area contributed by atoms with Crippen molar-refractivity contribution >= 4 is 37.6 Å². The number of rotatable bonds is 2. The molecule has 0 amide bonds. The lowest BCUT2D eigenvalue weighted by molar-refractivity contribution is 0.134. The van der Waals surface area contributed by atoms with Crippen molar-refractivity contribution in [1.29, 1.82) is 0 Å². The standard InChI is InChI=1S/C12H10BrFN2O3S/c1-2-20(18)12-15-10-7(11(17)16-12)5-3-19-4-6(5)8(13)9(10)14/h2-4H2,1H3,(H,15,16,17). The van der Waals surface area contributed by atoms with Crippen molar-refractivity contribution in [2.75, 3.05) is 5.75 Å². The number of halogens is 2. The minimum Gasteiger partial charge on any atom is -0.372 e. The number of aromatic amines is 1. The second-order valence-corrected chi connectivity index (χ2v) is 6.75. The Kier molecular flexibility index (Phi) is 3.47. The van der Waals surface area contributed by atoms with Crippen molar-refractivity contribution in [2.45, 2.75) is 25.3 Å². The van der Waals surface area contributed by atoms with Crippen LogP contribution < -0.4 is 5.56 Å². The molecule has 1 atom stereocenters.